The molecule has 1 aromatic carbocycles. The first-order chi connectivity index (χ1) is 11.2. The average Bonchev–Trinajstić information content (AvgIpc) is 2.45. The first-order valence-corrected chi connectivity index (χ1v) is 8.50. The molecule has 130 valence electrons. The van der Waals surface area contributed by atoms with Crippen molar-refractivity contribution in [1.82, 2.24) is 4.90 Å². The van der Waals surface area contributed by atoms with Crippen LogP contribution >= 0.6 is 0 Å². The van der Waals surface area contributed by atoms with E-state index < -0.39 is 11.2 Å². The number of amides is 1. The molecule has 0 bridgehead atoms. The highest BCUT2D eigenvalue weighted by Crippen LogP contribution is 2.41. The number of hydrogen-bond acceptors (Lipinski definition) is 4. The first kappa shape index (κ1) is 16.8. The van der Waals surface area contributed by atoms with Gasteiger partial charge in [0.05, 0.1) is 12.0 Å². The second-order valence-electron chi connectivity index (χ2n) is 7.86. The summed E-state index contributed by atoms with van der Waals surface area (Å²) in [4.78, 5) is 26.6. The highest BCUT2D eigenvalue weighted by atomic mass is 16.6. The Morgan fingerprint density at radius 3 is 2.71 bits per heavy atom. The van der Waals surface area contributed by atoms with Crippen LogP contribution in [-0.4, -0.2) is 40.6 Å². The van der Waals surface area contributed by atoms with E-state index in [1.54, 1.807) is 4.90 Å². The maximum absolute atomic E-state index is 12.5. The van der Waals surface area contributed by atoms with E-state index in [-0.39, 0.29) is 17.9 Å². The molecular weight excluding hydrogens is 306 g/mol. The van der Waals surface area contributed by atoms with Crippen LogP contribution < -0.4 is 4.74 Å². The summed E-state index contributed by atoms with van der Waals surface area (Å²) in [6.45, 7) is 8.10. The number of ketones is 1. The van der Waals surface area contributed by atoms with E-state index in [2.05, 4.69) is 0 Å². The number of para-hydroxylation sites is 1. The van der Waals surface area contributed by atoms with E-state index in [1.807, 2.05) is 52.0 Å². The fourth-order valence-corrected chi connectivity index (χ4v) is 3.58. The zero-order valence-corrected chi connectivity index (χ0v) is 14.8. The summed E-state index contributed by atoms with van der Waals surface area (Å²) in [6.07, 6.45) is 1.34. The smallest absolute Gasteiger partial charge is 0.410 e. The Hall–Kier alpha value is -2.04. The maximum atomic E-state index is 12.5. The molecule has 0 radical (unpaired) electrons. The normalized spacial score (nSPS) is 26.8. The maximum Gasteiger partial charge on any atom is 0.410 e. The zero-order chi connectivity index (χ0) is 17.5. The zero-order valence-electron chi connectivity index (χ0n) is 14.8. The van der Waals surface area contributed by atoms with Gasteiger partial charge in [-0.2, -0.15) is 0 Å². The molecule has 2 aliphatic heterocycles. The molecule has 0 aliphatic carbocycles. The van der Waals surface area contributed by atoms with Gasteiger partial charge >= 0.3 is 6.09 Å². The molecule has 2 atom stereocenters. The second-order valence-corrected chi connectivity index (χ2v) is 7.86. The van der Waals surface area contributed by atoms with Crippen LogP contribution in [-0.2, 0) is 4.74 Å². The number of likely N-dealkylation sites (tertiary alicyclic amines) is 1. The van der Waals surface area contributed by atoms with Crippen molar-refractivity contribution >= 4 is 11.9 Å². The molecule has 1 unspecified atom stereocenters. The van der Waals surface area contributed by atoms with Crippen molar-refractivity contribution in [3.8, 4) is 5.75 Å². The average molecular weight is 331 g/mol. The molecule has 3 rings (SSSR count). The third kappa shape index (κ3) is 3.25. The second kappa shape index (κ2) is 5.80. The van der Waals surface area contributed by atoms with Crippen LogP contribution in [0.5, 0.6) is 5.75 Å². The fourth-order valence-electron chi connectivity index (χ4n) is 3.58. The van der Waals surface area contributed by atoms with Gasteiger partial charge in [0, 0.05) is 25.4 Å². The van der Waals surface area contributed by atoms with Crippen molar-refractivity contribution in [2.75, 3.05) is 6.54 Å². The van der Waals surface area contributed by atoms with E-state index in [0.29, 0.717) is 37.1 Å². The van der Waals surface area contributed by atoms with Crippen LogP contribution in [0.25, 0.3) is 0 Å². The Labute approximate surface area is 142 Å². The number of piperidine rings is 1. The molecule has 0 saturated carbocycles. The largest absolute Gasteiger partial charge is 0.486 e. The van der Waals surface area contributed by atoms with Gasteiger partial charge < -0.3 is 14.4 Å². The Morgan fingerprint density at radius 1 is 1.33 bits per heavy atom. The molecule has 1 amide bonds. The predicted molar refractivity (Wildman–Crippen MR) is 90.4 cm³/mol. The quantitative estimate of drug-likeness (QED) is 0.725. The van der Waals surface area contributed by atoms with Crippen LogP contribution in [0.15, 0.2) is 24.3 Å². The molecule has 0 aromatic heterocycles. The minimum atomic E-state index is -0.512. The number of Topliss-reactive ketones (excluding diaryl/α,β-unsaturated/α-hetero) is 1. The van der Waals surface area contributed by atoms with Crippen molar-refractivity contribution in [1.29, 1.82) is 0 Å². The third-order valence-electron chi connectivity index (χ3n) is 4.63. The first-order valence-electron chi connectivity index (χ1n) is 8.50. The van der Waals surface area contributed by atoms with E-state index >= 15 is 0 Å². The standard InChI is InChI=1S/C19H25NO4/c1-13-11-19(9-10-20(13)17(22)24-18(2,3)4)12-15(21)14-7-5-6-8-16(14)23-19/h5-8,13H,9-12H2,1-4H3/t13-,19?/m0/s1. The topological polar surface area (TPSA) is 55.8 Å². The highest BCUT2D eigenvalue weighted by molar-refractivity contribution is 6.00. The number of carbonyl (C=O) groups excluding carboxylic acids is 2. The molecule has 2 aliphatic rings. The van der Waals surface area contributed by atoms with E-state index in [4.69, 9.17) is 9.47 Å². The van der Waals surface area contributed by atoms with Crippen LogP contribution in [0, 0.1) is 0 Å². The van der Waals surface area contributed by atoms with Gasteiger partial charge in [-0.1, -0.05) is 12.1 Å². The molecule has 0 N–H and O–H groups in total. The monoisotopic (exact) mass is 331 g/mol. The number of fused-ring (bicyclic) bond motifs is 1. The van der Waals surface area contributed by atoms with Crippen LogP contribution in [0.3, 0.4) is 0 Å². The lowest BCUT2D eigenvalue weighted by atomic mass is 9.80. The Kier molecular flexibility index (Phi) is 4.06. The number of benzene rings is 1. The van der Waals surface area contributed by atoms with Gasteiger partial charge in [0.2, 0.25) is 0 Å². The Morgan fingerprint density at radius 2 is 2.04 bits per heavy atom. The fraction of sp³-hybridized carbons (Fsp3) is 0.579. The molecule has 5 heteroatoms. The Balaban J connectivity index is 1.74. The van der Waals surface area contributed by atoms with Gasteiger partial charge in [0.1, 0.15) is 17.0 Å². The summed E-state index contributed by atoms with van der Waals surface area (Å²) in [5.41, 5.74) is -0.365. The van der Waals surface area contributed by atoms with Gasteiger partial charge in [-0.25, -0.2) is 4.79 Å². The van der Waals surface area contributed by atoms with Gasteiger partial charge in [0.15, 0.2) is 5.78 Å². The van der Waals surface area contributed by atoms with Crippen LogP contribution in [0.4, 0.5) is 4.79 Å². The van der Waals surface area contributed by atoms with E-state index in [9.17, 15) is 9.59 Å². The predicted octanol–water partition coefficient (Wildman–Crippen LogP) is 3.81. The number of nitrogens with zero attached hydrogens (tertiary/aromatic N) is 1. The molecule has 5 nitrogen and oxygen atoms in total. The number of rotatable bonds is 0. The minimum Gasteiger partial charge on any atom is -0.486 e. The SMILES string of the molecule is C[C@H]1CC2(CCN1C(=O)OC(C)(C)C)CC(=O)c1ccccc1O2. The number of ether oxygens (including phenoxy) is 2. The summed E-state index contributed by atoms with van der Waals surface area (Å²) in [5.74, 6) is 0.779. The van der Waals surface area contributed by atoms with Gasteiger partial charge in [-0.3, -0.25) is 4.79 Å². The molecular formula is C19H25NO4. The lowest BCUT2D eigenvalue weighted by Gasteiger charge is -2.47. The van der Waals surface area contributed by atoms with Crippen molar-refractivity contribution < 1.29 is 19.1 Å². The van der Waals surface area contributed by atoms with Crippen molar-refractivity contribution in [3.05, 3.63) is 29.8 Å². The van der Waals surface area contributed by atoms with Crippen LogP contribution in [0.2, 0.25) is 0 Å². The highest BCUT2D eigenvalue weighted by Gasteiger charge is 2.46. The number of carbonyl (C=O) groups is 2. The van der Waals surface area contributed by atoms with Gasteiger partial charge in [-0.15, -0.1) is 0 Å². The molecule has 1 aromatic rings. The number of hydrogen-bond donors (Lipinski definition) is 0. The van der Waals surface area contributed by atoms with Crippen molar-refractivity contribution in [3.63, 3.8) is 0 Å². The van der Waals surface area contributed by atoms with Crippen LogP contribution in [0.1, 0.15) is 57.3 Å². The van der Waals surface area contributed by atoms with Crippen molar-refractivity contribution in [2.24, 2.45) is 0 Å². The molecule has 1 fully saturated rings. The lowest BCUT2D eigenvalue weighted by Crippen LogP contribution is -2.56. The van der Waals surface area contributed by atoms with E-state index in [0.717, 1.165) is 0 Å². The van der Waals surface area contributed by atoms with Gasteiger partial charge in [0.25, 0.3) is 0 Å². The van der Waals surface area contributed by atoms with E-state index in [1.165, 1.54) is 0 Å². The lowest BCUT2D eigenvalue weighted by molar-refractivity contribution is -0.0406. The van der Waals surface area contributed by atoms with Crippen molar-refractivity contribution in [2.45, 2.75) is 64.2 Å². The summed E-state index contributed by atoms with van der Waals surface area (Å²) in [5, 5.41) is 0. The Bertz CT molecular complexity index is 664. The molecule has 1 spiro atoms. The summed E-state index contributed by atoms with van der Waals surface area (Å²) >= 11 is 0. The third-order valence-corrected chi connectivity index (χ3v) is 4.63. The summed E-state index contributed by atoms with van der Waals surface area (Å²) < 4.78 is 11.7. The summed E-state index contributed by atoms with van der Waals surface area (Å²) in [6, 6.07) is 7.35. The van der Waals surface area contributed by atoms with Gasteiger partial charge in [-0.05, 0) is 39.8 Å². The summed E-state index contributed by atoms with van der Waals surface area (Å²) in [7, 11) is 0. The molecule has 24 heavy (non-hydrogen) atoms. The minimum absolute atomic E-state index is 0.0355. The molecule has 2 heterocycles. The molecule has 1 saturated heterocycles.